The van der Waals surface area contributed by atoms with Crippen LogP contribution in [-0.2, 0) is 30.8 Å². The van der Waals surface area contributed by atoms with Gasteiger partial charge in [0.05, 0.1) is 17.5 Å². The summed E-state index contributed by atoms with van der Waals surface area (Å²) in [6.07, 6.45) is 8.29. The molecule has 0 radical (unpaired) electrons. The molecule has 8 heteroatoms. The summed E-state index contributed by atoms with van der Waals surface area (Å²) in [7, 11) is 0. The summed E-state index contributed by atoms with van der Waals surface area (Å²) in [5.41, 5.74) is 2.91. The van der Waals surface area contributed by atoms with Crippen LogP contribution < -0.4 is 5.56 Å². The third kappa shape index (κ3) is 4.80. The minimum Gasteiger partial charge on any atom is -0.342 e. The summed E-state index contributed by atoms with van der Waals surface area (Å²) in [6, 6.07) is 0. The first-order chi connectivity index (χ1) is 15.5. The van der Waals surface area contributed by atoms with Crippen LogP contribution in [0.4, 0.5) is 0 Å². The van der Waals surface area contributed by atoms with Crippen molar-refractivity contribution in [1.29, 1.82) is 0 Å². The lowest BCUT2D eigenvalue weighted by atomic mass is 9.93. The van der Waals surface area contributed by atoms with E-state index in [0.29, 0.717) is 6.54 Å². The molecule has 8 nitrogen and oxygen atoms in total. The Morgan fingerprint density at radius 2 is 1.94 bits per heavy atom. The summed E-state index contributed by atoms with van der Waals surface area (Å²) in [5, 5.41) is 4.35. The summed E-state index contributed by atoms with van der Waals surface area (Å²) in [4.78, 5) is 37.8. The fourth-order valence-corrected chi connectivity index (χ4v) is 5.02. The van der Waals surface area contributed by atoms with E-state index in [1.165, 1.54) is 5.56 Å². The Labute approximate surface area is 190 Å². The summed E-state index contributed by atoms with van der Waals surface area (Å²) in [6.45, 7) is 10.9. The predicted molar refractivity (Wildman–Crippen MR) is 123 cm³/mol. The number of aromatic nitrogens is 4. The fraction of sp³-hybridized carbons (Fsp3) is 0.667. The molecular weight excluding hydrogens is 404 g/mol. The van der Waals surface area contributed by atoms with Gasteiger partial charge in [-0.3, -0.25) is 19.2 Å². The number of hydrogen-bond donors (Lipinski definition) is 1. The number of carbonyl (C=O) groups excluding carboxylic acids is 1. The average molecular weight is 441 g/mol. The van der Waals surface area contributed by atoms with Crippen LogP contribution in [-0.4, -0.2) is 55.1 Å². The van der Waals surface area contributed by atoms with Crippen molar-refractivity contribution >= 4 is 5.91 Å². The van der Waals surface area contributed by atoms with Crippen LogP contribution >= 0.6 is 0 Å². The summed E-state index contributed by atoms with van der Waals surface area (Å²) in [5.74, 6) is 1.44. The van der Waals surface area contributed by atoms with Gasteiger partial charge in [-0.1, -0.05) is 13.8 Å². The van der Waals surface area contributed by atoms with Gasteiger partial charge in [-0.05, 0) is 32.6 Å². The molecule has 0 saturated carbocycles. The number of likely N-dealkylation sites (tertiary alicyclic amines) is 1. The first kappa shape index (κ1) is 22.7. The minimum absolute atomic E-state index is 0.00510. The van der Waals surface area contributed by atoms with Crippen LogP contribution in [0.2, 0.25) is 0 Å². The second-order valence-electron chi connectivity index (χ2n) is 9.15. The van der Waals surface area contributed by atoms with E-state index in [2.05, 4.69) is 42.0 Å². The highest BCUT2D eigenvalue weighted by Crippen LogP contribution is 2.28. The van der Waals surface area contributed by atoms with Crippen LogP contribution in [0, 0.1) is 5.92 Å². The van der Waals surface area contributed by atoms with E-state index in [1.807, 2.05) is 15.8 Å². The quantitative estimate of drug-likeness (QED) is 0.715. The maximum atomic E-state index is 12.9. The Kier molecular flexibility index (Phi) is 7.08. The minimum atomic E-state index is -0.00510. The molecule has 1 N–H and O–H groups in total. The topological polar surface area (TPSA) is 87.1 Å². The Morgan fingerprint density at radius 3 is 2.59 bits per heavy atom. The van der Waals surface area contributed by atoms with E-state index in [-0.39, 0.29) is 23.3 Å². The van der Waals surface area contributed by atoms with Gasteiger partial charge in [0.25, 0.3) is 5.56 Å². The van der Waals surface area contributed by atoms with Crippen molar-refractivity contribution in [2.24, 2.45) is 5.92 Å². The number of H-pyrrole nitrogens is 1. The fourth-order valence-electron chi connectivity index (χ4n) is 5.02. The number of fused-ring (bicyclic) bond motifs is 1. The van der Waals surface area contributed by atoms with Gasteiger partial charge >= 0.3 is 0 Å². The number of hydrogen-bond acceptors (Lipinski definition) is 5. The molecule has 0 spiro atoms. The van der Waals surface area contributed by atoms with Crippen molar-refractivity contribution in [3.8, 4) is 0 Å². The molecular formula is C24H36N6O2. The smallest absolute Gasteiger partial charge is 0.255 e. The van der Waals surface area contributed by atoms with E-state index in [1.54, 1.807) is 0 Å². The summed E-state index contributed by atoms with van der Waals surface area (Å²) >= 11 is 0. The van der Waals surface area contributed by atoms with Crippen molar-refractivity contribution in [3.63, 3.8) is 0 Å². The molecule has 1 amide bonds. The lowest BCUT2D eigenvalue weighted by molar-refractivity contribution is -0.136. The Morgan fingerprint density at radius 1 is 1.19 bits per heavy atom. The molecule has 2 aliphatic rings. The molecule has 32 heavy (non-hydrogen) atoms. The van der Waals surface area contributed by atoms with E-state index < -0.39 is 0 Å². The van der Waals surface area contributed by atoms with Gasteiger partial charge in [0.1, 0.15) is 5.82 Å². The van der Waals surface area contributed by atoms with E-state index >= 15 is 0 Å². The highest BCUT2D eigenvalue weighted by atomic mass is 16.2. The van der Waals surface area contributed by atoms with Crippen LogP contribution in [0.25, 0.3) is 0 Å². The van der Waals surface area contributed by atoms with Gasteiger partial charge in [0, 0.05) is 69.3 Å². The van der Waals surface area contributed by atoms with Crippen LogP contribution in [0.3, 0.4) is 0 Å². The lowest BCUT2D eigenvalue weighted by Crippen LogP contribution is -2.42. The number of carbonyl (C=O) groups is 1. The van der Waals surface area contributed by atoms with Gasteiger partial charge in [0.2, 0.25) is 5.91 Å². The average Bonchev–Trinajstić information content (AvgIpc) is 3.27. The largest absolute Gasteiger partial charge is 0.342 e. The highest BCUT2D eigenvalue weighted by molar-refractivity contribution is 5.78. The van der Waals surface area contributed by atoms with Gasteiger partial charge in [-0.25, -0.2) is 4.98 Å². The molecule has 2 aliphatic heterocycles. The normalized spacial score (nSPS) is 17.7. The Bertz CT molecular complexity index is 985. The third-order valence-electron chi connectivity index (χ3n) is 7.11. The SMILES string of the molecule is CCC(CC)C(=O)N1CCC(c2nc3c(c(=O)[nH]2)CN(Cc2cnn(CC)c2)CC3)CC1. The van der Waals surface area contributed by atoms with Crippen LogP contribution in [0.15, 0.2) is 17.2 Å². The molecule has 2 aromatic rings. The molecule has 2 aromatic heterocycles. The van der Waals surface area contributed by atoms with Crippen molar-refractivity contribution in [2.45, 2.75) is 78.4 Å². The molecule has 4 heterocycles. The van der Waals surface area contributed by atoms with Crippen LogP contribution in [0.5, 0.6) is 0 Å². The number of aromatic amines is 1. The summed E-state index contributed by atoms with van der Waals surface area (Å²) < 4.78 is 1.93. The predicted octanol–water partition coefficient (Wildman–Crippen LogP) is 2.69. The molecule has 174 valence electrons. The monoisotopic (exact) mass is 440 g/mol. The molecule has 1 saturated heterocycles. The molecule has 0 aliphatic carbocycles. The molecule has 4 rings (SSSR count). The second kappa shape index (κ2) is 9.98. The second-order valence-corrected chi connectivity index (χ2v) is 9.15. The van der Waals surface area contributed by atoms with Crippen molar-refractivity contribution in [2.75, 3.05) is 19.6 Å². The standard InChI is InChI=1S/C24H36N6O2/c1-4-18(5-2)24(32)29-11-7-19(8-12-29)22-26-21-9-10-28(16-20(21)23(31)27-22)14-17-13-25-30(6-3)15-17/h13,15,18-19H,4-12,14,16H2,1-3H3,(H,26,27,31). The van der Waals surface area contributed by atoms with Gasteiger partial charge in [-0.15, -0.1) is 0 Å². The Hall–Kier alpha value is -2.48. The molecule has 1 fully saturated rings. The lowest BCUT2D eigenvalue weighted by Gasteiger charge is -2.34. The molecule has 0 atom stereocenters. The van der Waals surface area contributed by atoms with Crippen molar-refractivity contribution in [1.82, 2.24) is 29.5 Å². The maximum absolute atomic E-state index is 12.9. The van der Waals surface area contributed by atoms with Crippen molar-refractivity contribution < 1.29 is 4.79 Å². The van der Waals surface area contributed by atoms with Gasteiger partial charge in [-0.2, -0.15) is 5.10 Å². The molecule has 0 aromatic carbocycles. The van der Waals surface area contributed by atoms with E-state index in [4.69, 9.17) is 4.98 Å². The number of piperidine rings is 1. The number of nitrogens with one attached hydrogen (secondary N) is 1. The zero-order valence-corrected chi connectivity index (χ0v) is 19.6. The zero-order chi connectivity index (χ0) is 22.7. The van der Waals surface area contributed by atoms with E-state index in [0.717, 1.165) is 81.9 Å². The number of aryl methyl sites for hydroxylation is 1. The number of nitrogens with zero attached hydrogens (tertiary/aromatic N) is 5. The van der Waals surface area contributed by atoms with Crippen LogP contribution in [0.1, 0.15) is 75.0 Å². The van der Waals surface area contributed by atoms with Crippen molar-refractivity contribution in [3.05, 3.63) is 45.4 Å². The number of rotatable bonds is 7. The molecule has 0 bridgehead atoms. The van der Waals surface area contributed by atoms with Gasteiger partial charge < -0.3 is 9.88 Å². The first-order valence-corrected chi connectivity index (χ1v) is 12.2. The van der Waals surface area contributed by atoms with E-state index in [9.17, 15) is 9.59 Å². The third-order valence-corrected chi connectivity index (χ3v) is 7.11. The first-order valence-electron chi connectivity index (χ1n) is 12.2. The number of amides is 1. The zero-order valence-electron chi connectivity index (χ0n) is 19.6. The highest BCUT2D eigenvalue weighted by Gasteiger charge is 2.29. The maximum Gasteiger partial charge on any atom is 0.255 e. The molecule has 0 unspecified atom stereocenters. The Balaban J connectivity index is 1.39. The van der Waals surface area contributed by atoms with Gasteiger partial charge in [0.15, 0.2) is 0 Å².